The van der Waals surface area contributed by atoms with Crippen molar-refractivity contribution in [2.24, 2.45) is 0 Å². The first-order chi connectivity index (χ1) is 9.61. The lowest BCUT2D eigenvalue weighted by Crippen LogP contribution is -2.54. The third kappa shape index (κ3) is 2.20. The van der Waals surface area contributed by atoms with Crippen LogP contribution in [0, 0.1) is 0 Å². The summed E-state index contributed by atoms with van der Waals surface area (Å²) in [6, 6.07) is 7.36. The van der Waals surface area contributed by atoms with E-state index in [4.69, 9.17) is 0 Å². The Bertz CT molecular complexity index is 620. The summed E-state index contributed by atoms with van der Waals surface area (Å²) in [7, 11) is 4.28. The van der Waals surface area contributed by atoms with Gasteiger partial charge in [-0.1, -0.05) is 6.07 Å². The highest BCUT2D eigenvalue weighted by molar-refractivity contribution is 5.92. The Morgan fingerprint density at radius 1 is 1.30 bits per heavy atom. The molecule has 0 atom stereocenters. The van der Waals surface area contributed by atoms with E-state index >= 15 is 0 Å². The van der Waals surface area contributed by atoms with Crippen molar-refractivity contribution < 1.29 is 5.11 Å². The van der Waals surface area contributed by atoms with Crippen molar-refractivity contribution >= 4 is 16.6 Å². The number of nitrogens with one attached hydrogen (secondary N) is 1. The van der Waals surface area contributed by atoms with E-state index in [-0.39, 0.29) is 11.3 Å². The molecule has 1 saturated carbocycles. The molecule has 0 unspecified atom stereocenters. The minimum atomic E-state index is 0.251. The topological polar surface area (TPSA) is 48.4 Å². The molecule has 0 spiro atoms. The summed E-state index contributed by atoms with van der Waals surface area (Å²) in [4.78, 5) is 6.74. The Labute approximate surface area is 119 Å². The number of benzene rings is 1. The first-order valence-electron chi connectivity index (χ1n) is 7.10. The summed E-state index contributed by atoms with van der Waals surface area (Å²) >= 11 is 0. The number of rotatable bonds is 4. The summed E-state index contributed by atoms with van der Waals surface area (Å²) in [5.74, 6) is 1.13. The van der Waals surface area contributed by atoms with Crippen molar-refractivity contribution in [2.45, 2.75) is 24.8 Å². The molecule has 0 bridgehead atoms. The molecule has 3 rings (SSSR count). The Morgan fingerprint density at radius 3 is 2.75 bits per heavy atom. The van der Waals surface area contributed by atoms with Gasteiger partial charge < -0.3 is 15.3 Å². The Morgan fingerprint density at radius 2 is 2.10 bits per heavy atom. The van der Waals surface area contributed by atoms with Crippen molar-refractivity contribution in [3.8, 4) is 5.75 Å². The molecule has 2 N–H and O–H groups in total. The maximum atomic E-state index is 9.66. The summed E-state index contributed by atoms with van der Waals surface area (Å²) in [5.41, 5.74) is 0.251. The van der Waals surface area contributed by atoms with E-state index in [1.165, 1.54) is 19.3 Å². The zero-order chi connectivity index (χ0) is 14.2. The fourth-order valence-corrected chi connectivity index (χ4v) is 2.91. The van der Waals surface area contributed by atoms with Crippen molar-refractivity contribution in [3.05, 3.63) is 30.5 Å². The number of nitrogens with zero attached hydrogens (tertiary/aromatic N) is 2. The molecule has 0 aliphatic heterocycles. The van der Waals surface area contributed by atoms with Gasteiger partial charge in [-0.05, 0) is 56.9 Å². The largest absolute Gasteiger partial charge is 0.508 e. The first-order valence-corrected chi connectivity index (χ1v) is 7.10. The van der Waals surface area contributed by atoms with Crippen LogP contribution in [0.2, 0.25) is 0 Å². The van der Waals surface area contributed by atoms with Crippen LogP contribution in [0.3, 0.4) is 0 Å². The number of aromatic hydroxyl groups is 1. The van der Waals surface area contributed by atoms with Gasteiger partial charge in [-0.15, -0.1) is 0 Å². The normalized spacial score (nSPS) is 17.1. The zero-order valence-corrected chi connectivity index (χ0v) is 12.1. The molecule has 0 radical (unpaired) electrons. The quantitative estimate of drug-likeness (QED) is 0.897. The molecule has 4 nitrogen and oxygen atoms in total. The average molecular weight is 271 g/mol. The lowest BCUT2D eigenvalue weighted by Gasteiger charge is -2.47. The lowest BCUT2D eigenvalue weighted by molar-refractivity contribution is 0.0738. The molecule has 0 saturated heterocycles. The number of phenols is 1. The highest BCUT2D eigenvalue weighted by Gasteiger charge is 2.38. The van der Waals surface area contributed by atoms with E-state index in [1.54, 1.807) is 12.1 Å². The van der Waals surface area contributed by atoms with Crippen molar-refractivity contribution in [3.63, 3.8) is 0 Å². The Hall–Kier alpha value is -1.81. The molecule has 1 aromatic heterocycles. The first kappa shape index (κ1) is 13.2. The van der Waals surface area contributed by atoms with Gasteiger partial charge in [-0.3, -0.25) is 0 Å². The summed E-state index contributed by atoms with van der Waals surface area (Å²) in [6.45, 7) is 0.891. The van der Waals surface area contributed by atoms with Gasteiger partial charge in [0.2, 0.25) is 0 Å². The molecule has 1 aliphatic carbocycles. The van der Waals surface area contributed by atoms with Crippen molar-refractivity contribution in [2.75, 3.05) is 26.0 Å². The molecule has 0 amide bonds. The van der Waals surface area contributed by atoms with E-state index in [1.807, 2.05) is 18.3 Å². The molecule has 1 aliphatic rings. The smallest absolute Gasteiger partial charge is 0.134 e. The van der Waals surface area contributed by atoms with Crippen LogP contribution in [0.15, 0.2) is 30.5 Å². The number of hydrogen-bond donors (Lipinski definition) is 2. The molecule has 2 aromatic rings. The van der Waals surface area contributed by atoms with Crippen LogP contribution in [0.1, 0.15) is 19.3 Å². The van der Waals surface area contributed by atoms with Gasteiger partial charge in [0.25, 0.3) is 0 Å². The molecule has 106 valence electrons. The van der Waals surface area contributed by atoms with Crippen LogP contribution in [-0.4, -0.2) is 41.2 Å². The predicted molar refractivity (Wildman–Crippen MR) is 82.2 cm³/mol. The number of fused-ring (bicyclic) bond motifs is 1. The van der Waals surface area contributed by atoms with E-state index in [9.17, 15) is 5.11 Å². The summed E-state index contributed by atoms with van der Waals surface area (Å²) in [6.07, 6.45) is 5.56. The number of anilines is 1. The third-order valence-corrected chi connectivity index (χ3v) is 4.57. The van der Waals surface area contributed by atoms with Crippen LogP contribution in [0.25, 0.3) is 10.8 Å². The van der Waals surface area contributed by atoms with Gasteiger partial charge in [-0.25, -0.2) is 4.98 Å². The lowest BCUT2D eigenvalue weighted by atomic mass is 9.75. The van der Waals surface area contributed by atoms with E-state index < -0.39 is 0 Å². The van der Waals surface area contributed by atoms with Crippen LogP contribution < -0.4 is 5.32 Å². The van der Waals surface area contributed by atoms with E-state index in [0.29, 0.717) is 0 Å². The van der Waals surface area contributed by atoms with Crippen LogP contribution in [0.4, 0.5) is 5.82 Å². The fourth-order valence-electron chi connectivity index (χ4n) is 2.91. The molecular weight excluding hydrogens is 250 g/mol. The Kier molecular flexibility index (Phi) is 3.26. The second kappa shape index (κ2) is 4.94. The van der Waals surface area contributed by atoms with Gasteiger partial charge in [0.05, 0.1) is 0 Å². The molecule has 1 heterocycles. The highest BCUT2D eigenvalue weighted by Crippen LogP contribution is 2.36. The monoisotopic (exact) mass is 271 g/mol. The number of likely N-dealkylation sites (N-methyl/N-ethyl adjacent to an activating group) is 1. The van der Waals surface area contributed by atoms with E-state index in [0.717, 1.165) is 23.1 Å². The zero-order valence-electron chi connectivity index (χ0n) is 12.1. The standard InChI is InChI=1S/C16H21N3O/c1-19(2)16(7-3-8-16)11-18-15-14-10-13(20)5-4-12(14)6-9-17-15/h4-6,9-10,20H,3,7-8,11H2,1-2H3,(H,17,18). The van der Waals surface area contributed by atoms with Crippen LogP contribution >= 0.6 is 0 Å². The molecule has 20 heavy (non-hydrogen) atoms. The summed E-state index contributed by atoms with van der Waals surface area (Å²) in [5, 5.41) is 15.2. The third-order valence-electron chi connectivity index (χ3n) is 4.57. The molecular formula is C16H21N3O. The Balaban J connectivity index is 1.86. The van der Waals surface area contributed by atoms with Gasteiger partial charge >= 0.3 is 0 Å². The second-order valence-electron chi connectivity index (χ2n) is 5.89. The van der Waals surface area contributed by atoms with Crippen LogP contribution in [0.5, 0.6) is 5.75 Å². The highest BCUT2D eigenvalue weighted by atomic mass is 16.3. The predicted octanol–water partition coefficient (Wildman–Crippen LogP) is 2.84. The average Bonchev–Trinajstić information content (AvgIpc) is 2.37. The maximum absolute atomic E-state index is 9.66. The SMILES string of the molecule is CN(C)C1(CNc2nccc3ccc(O)cc23)CCC1. The molecule has 1 fully saturated rings. The van der Waals surface area contributed by atoms with Crippen molar-refractivity contribution in [1.82, 2.24) is 9.88 Å². The molecule has 4 heteroatoms. The maximum Gasteiger partial charge on any atom is 0.134 e. The minimum absolute atomic E-state index is 0.251. The van der Waals surface area contributed by atoms with Gasteiger partial charge in [-0.2, -0.15) is 0 Å². The summed E-state index contributed by atoms with van der Waals surface area (Å²) < 4.78 is 0. The number of phenolic OH excluding ortho intramolecular Hbond substituents is 1. The van der Waals surface area contributed by atoms with Crippen LogP contribution in [-0.2, 0) is 0 Å². The number of aromatic nitrogens is 1. The van der Waals surface area contributed by atoms with Gasteiger partial charge in [0, 0.05) is 23.7 Å². The second-order valence-corrected chi connectivity index (χ2v) is 5.89. The van der Waals surface area contributed by atoms with E-state index in [2.05, 4.69) is 29.3 Å². The minimum Gasteiger partial charge on any atom is -0.508 e. The van der Waals surface area contributed by atoms with Crippen molar-refractivity contribution in [1.29, 1.82) is 0 Å². The number of hydrogen-bond acceptors (Lipinski definition) is 4. The van der Waals surface area contributed by atoms with Gasteiger partial charge in [0.1, 0.15) is 11.6 Å². The number of pyridine rings is 1. The van der Waals surface area contributed by atoms with Gasteiger partial charge in [0.15, 0.2) is 0 Å². The molecule has 1 aromatic carbocycles. The fraction of sp³-hybridized carbons (Fsp3) is 0.438.